The first-order valence-electron chi connectivity index (χ1n) is 13.8. The molecule has 4 aromatic heterocycles. The monoisotopic (exact) mass is 555 g/mol. The fourth-order valence-corrected chi connectivity index (χ4v) is 8.49. The van der Waals surface area contributed by atoms with Crippen LogP contribution in [0.5, 0.6) is 0 Å². The van der Waals surface area contributed by atoms with Crippen LogP contribution in [0.2, 0.25) is 0 Å². The third-order valence-corrected chi connectivity index (χ3v) is 11.1. The molecule has 1 N–H and O–H groups in total. The summed E-state index contributed by atoms with van der Waals surface area (Å²) in [4.78, 5) is 13.5. The number of aromatic nitrogens is 4. The van der Waals surface area contributed by atoms with E-state index in [-0.39, 0.29) is 5.75 Å². The number of rotatable bonds is 7. The lowest BCUT2D eigenvalue weighted by molar-refractivity contribution is 0.105. The topological polar surface area (TPSA) is 83.4 Å². The van der Waals surface area contributed by atoms with Gasteiger partial charge in [-0.1, -0.05) is 27.2 Å². The average Bonchev–Trinajstić information content (AvgIpc) is 3.54. The van der Waals surface area contributed by atoms with Gasteiger partial charge in [-0.3, -0.25) is 4.90 Å². The molecule has 0 spiro atoms. The summed E-state index contributed by atoms with van der Waals surface area (Å²) in [5.41, 5.74) is 8.48. The molecular formula is C29H41N5O2S2. The number of pyridine rings is 1. The van der Waals surface area contributed by atoms with Crippen molar-refractivity contribution in [1.82, 2.24) is 24.5 Å². The lowest BCUT2D eigenvalue weighted by Crippen LogP contribution is -2.46. The summed E-state index contributed by atoms with van der Waals surface area (Å²) in [6.45, 7) is 17.3. The molecule has 1 aliphatic heterocycles. The highest BCUT2D eigenvalue weighted by Crippen LogP contribution is 2.48. The van der Waals surface area contributed by atoms with Gasteiger partial charge in [0.25, 0.3) is 0 Å². The zero-order chi connectivity index (χ0) is 27.5. The van der Waals surface area contributed by atoms with Gasteiger partial charge in [-0.05, 0) is 74.1 Å². The van der Waals surface area contributed by atoms with Crippen molar-refractivity contribution in [3.8, 4) is 11.3 Å². The molecule has 9 heteroatoms. The van der Waals surface area contributed by atoms with Crippen molar-refractivity contribution in [2.75, 3.05) is 25.1 Å². The molecular weight excluding hydrogens is 514 g/mol. The molecule has 1 saturated heterocycles. The molecule has 0 amide bonds. The zero-order valence-corrected chi connectivity index (χ0v) is 25.6. The molecule has 0 aliphatic carbocycles. The van der Waals surface area contributed by atoms with Gasteiger partial charge >= 0.3 is 0 Å². The van der Waals surface area contributed by atoms with Crippen molar-refractivity contribution in [2.45, 2.75) is 79.2 Å². The van der Waals surface area contributed by atoms with Gasteiger partial charge in [-0.15, -0.1) is 11.3 Å². The van der Waals surface area contributed by atoms with Crippen LogP contribution in [-0.2, 0) is 9.84 Å². The number of H-pyrrole nitrogens is 1. The first-order valence-corrected chi connectivity index (χ1v) is 16.6. The van der Waals surface area contributed by atoms with Crippen LogP contribution in [0.4, 0.5) is 0 Å². The van der Waals surface area contributed by atoms with E-state index in [9.17, 15) is 8.42 Å². The number of fused-ring (bicyclic) bond motifs is 2. The number of hydrogen-bond donors (Lipinski definition) is 1. The van der Waals surface area contributed by atoms with Crippen LogP contribution in [0.1, 0.15) is 79.5 Å². The lowest BCUT2D eigenvalue weighted by atomic mass is 9.78. The molecule has 0 unspecified atom stereocenters. The molecule has 0 radical (unpaired) electrons. The Hall–Kier alpha value is -2.23. The van der Waals surface area contributed by atoms with Crippen LogP contribution in [0, 0.1) is 26.7 Å². The molecule has 7 nitrogen and oxygen atoms in total. The van der Waals surface area contributed by atoms with Gasteiger partial charge < -0.3 is 4.98 Å². The Bertz CT molecular complexity index is 1590. The Labute approximate surface area is 230 Å². The Morgan fingerprint density at radius 1 is 1.18 bits per heavy atom. The van der Waals surface area contributed by atoms with Crippen molar-refractivity contribution in [2.24, 2.45) is 5.92 Å². The fraction of sp³-hybridized carbons (Fsp3) is 0.586. The summed E-state index contributed by atoms with van der Waals surface area (Å²) < 4.78 is 25.5. The van der Waals surface area contributed by atoms with E-state index in [4.69, 9.17) is 0 Å². The summed E-state index contributed by atoms with van der Waals surface area (Å²) in [5, 5.41) is 5.81. The number of aromatic amines is 1. The van der Waals surface area contributed by atoms with Gasteiger partial charge in [-0.25, -0.2) is 17.9 Å². The highest BCUT2D eigenvalue weighted by Gasteiger charge is 2.36. The standard InChI is InChI=1S/C29H41N5O2S2/c1-9-21-13-33(10-11-38(8,35)36)17(4)12-22(21)27-20(7)25-24(16(2)3)26(32-29(25)37-27)23-14-34-28(30-15-31-34)19(6)18(23)5/h14-17,21-22,32H,9-13H2,1-8H3/t17-,21-,22-/m0/s1. The number of likely N-dealkylation sites (tertiary alicyclic amines) is 1. The Balaban J connectivity index is 1.56. The van der Waals surface area contributed by atoms with E-state index in [2.05, 4.69) is 74.6 Å². The van der Waals surface area contributed by atoms with Crippen LogP contribution < -0.4 is 0 Å². The van der Waals surface area contributed by atoms with Crippen molar-refractivity contribution in [1.29, 1.82) is 0 Å². The zero-order valence-electron chi connectivity index (χ0n) is 23.9. The first kappa shape index (κ1) is 27.3. The van der Waals surface area contributed by atoms with Gasteiger partial charge in [0.15, 0.2) is 5.65 Å². The van der Waals surface area contributed by atoms with Gasteiger partial charge in [-0.2, -0.15) is 5.10 Å². The van der Waals surface area contributed by atoms with Crippen LogP contribution in [0.3, 0.4) is 0 Å². The number of nitrogens with one attached hydrogen (secondary N) is 1. The average molecular weight is 556 g/mol. The Morgan fingerprint density at radius 3 is 2.58 bits per heavy atom. The van der Waals surface area contributed by atoms with Gasteiger partial charge in [0.05, 0.1) is 11.4 Å². The van der Waals surface area contributed by atoms with E-state index in [1.807, 2.05) is 15.9 Å². The fourth-order valence-electron chi connectivity index (χ4n) is 6.49. The van der Waals surface area contributed by atoms with E-state index in [0.717, 1.165) is 30.6 Å². The highest BCUT2D eigenvalue weighted by molar-refractivity contribution is 7.90. The minimum absolute atomic E-state index is 0.235. The van der Waals surface area contributed by atoms with E-state index in [1.54, 1.807) is 6.33 Å². The lowest BCUT2D eigenvalue weighted by Gasteiger charge is -2.42. The third kappa shape index (κ3) is 4.71. The normalized spacial score (nSPS) is 21.3. The number of nitrogens with zero attached hydrogens (tertiary/aromatic N) is 4. The number of hydrogen-bond acceptors (Lipinski definition) is 6. The summed E-state index contributed by atoms with van der Waals surface area (Å²) in [7, 11) is -2.96. The number of piperidine rings is 1. The predicted octanol–water partition coefficient (Wildman–Crippen LogP) is 6.24. The van der Waals surface area contributed by atoms with Crippen LogP contribution in [0.15, 0.2) is 12.5 Å². The molecule has 4 aromatic rings. The largest absolute Gasteiger partial charge is 0.346 e. The van der Waals surface area contributed by atoms with Crippen LogP contribution in [-0.4, -0.2) is 64.0 Å². The SMILES string of the molecule is CC[C@H]1CN(CCS(C)(=O)=O)[C@@H](C)C[C@@H]1c1sc2[nH]c(-c3cn4ncnc4c(C)c3C)c(C(C)C)c2c1C. The van der Waals surface area contributed by atoms with Crippen molar-refractivity contribution in [3.05, 3.63) is 39.7 Å². The molecule has 5 heterocycles. The maximum atomic E-state index is 11.8. The molecule has 1 fully saturated rings. The molecule has 0 saturated carbocycles. The molecule has 5 rings (SSSR count). The number of aryl methyl sites for hydroxylation is 2. The molecule has 206 valence electrons. The first-order chi connectivity index (χ1) is 17.9. The van der Waals surface area contributed by atoms with Crippen molar-refractivity contribution in [3.63, 3.8) is 0 Å². The van der Waals surface area contributed by atoms with Gasteiger partial charge in [0.2, 0.25) is 0 Å². The second-order valence-corrected chi connectivity index (χ2v) is 15.0. The quantitative estimate of drug-likeness (QED) is 0.292. The van der Waals surface area contributed by atoms with E-state index in [1.165, 1.54) is 49.3 Å². The van der Waals surface area contributed by atoms with Crippen molar-refractivity contribution < 1.29 is 8.42 Å². The van der Waals surface area contributed by atoms with Crippen molar-refractivity contribution >= 4 is 37.0 Å². The van der Waals surface area contributed by atoms with Gasteiger partial charge in [0, 0.05) is 47.4 Å². The molecule has 0 bridgehead atoms. The molecule has 0 aromatic carbocycles. The third-order valence-electron chi connectivity index (χ3n) is 8.80. The molecule has 38 heavy (non-hydrogen) atoms. The van der Waals surface area contributed by atoms with Crippen LogP contribution >= 0.6 is 11.3 Å². The molecule has 1 aliphatic rings. The molecule has 3 atom stereocenters. The Kier molecular flexibility index (Phi) is 7.24. The van der Waals surface area contributed by atoms with Crippen LogP contribution in [0.25, 0.3) is 27.1 Å². The minimum Gasteiger partial charge on any atom is -0.346 e. The number of thiophene rings is 1. The predicted molar refractivity (Wildman–Crippen MR) is 158 cm³/mol. The Morgan fingerprint density at radius 2 is 1.92 bits per heavy atom. The maximum absolute atomic E-state index is 11.8. The summed E-state index contributed by atoms with van der Waals surface area (Å²) >= 11 is 1.93. The summed E-state index contributed by atoms with van der Waals surface area (Å²) in [5.74, 6) is 1.62. The second-order valence-electron chi connectivity index (χ2n) is 11.7. The van der Waals surface area contributed by atoms with E-state index >= 15 is 0 Å². The minimum atomic E-state index is -2.96. The highest BCUT2D eigenvalue weighted by atomic mass is 32.2. The maximum Gasteiger partial charge on any atom is 0.158 e. The summed E-state index contributed by atoms with van der Waals surface area (Å²) in [6, 6.07) is 0.365. The second kappa shape index (κ2) is 10.1. The van der Waals surface area contributed by atoms with Gasteiger partial charge in [0.1, 0.15) is 21.0 Å². The summed E-state index contributed by atoms with van der Waals surface area (Å²) in [6.07, 6.45) is 7.24. The smallest absolute Gasteiger partial charge is 0.158 e. The van der Waals surface area contributed by atoms with E-state index in [0.29, 0.717) is 30.3 Å². The van der Waals surface area contributed by atoms with E-state index < -0.39 is 9.84 Å². The number of sulfone groups is 1.